The van der Waals surface area contributed by atoms with Crippen molar-refractivity contribution < 1.29 is 34.3 Å². The van der Waals surface area contributed by atoms with Gasteiger partial charge in [0.1, 0.15) is 30.6 Å². The number of hydrogen-bond acceptors (Lipinski definition) is 7. The lowest BCUT2D eigenvalue weighted by molar-refractivity contribution is -0.232. The van der Waals surface area contributed by atoms with E-state index in [2.05, 4.69) is 5.09 Å². The molecule has 8 nitrogen and oxygen atoms in total. The Morgan fingerprint density at radius 2 is 1.83 bits per heavy atom. The van der Waals surface area contributed by atoms with Gasteiger partial charge < -0.3 is 29.7 Å². The fourth-order valence-electron chi connectivity index (χ4n) is 2.56. The van der Waals surface area contributed by atoms with E-state index < -0.39 is 44.8 Å². The molecule has 0 spiro atoms. The van der Waals surface area contributed by atoms with Crippen LogP contribution < -0.4 is 5.09 Å². The smallest absolute Gasteiger partial charge is 0.276 e. The van der Waals surface area contributed by atoms with Crippen molar-refractivity contribution in [2.75, 3.05) is 13.2 Å². The van der Waals surface area contributed by atoms with Gasteiger partial charge in [0.15, 0.2) is 0 Å². The quantitative estimate of drug-likeness (QED) is 0.423. The normalized spacial score (nSPS) is 33.1. The second kappa shape index (κ2) is 8.51. The van der Waals surface area contributed by atoms with E-state index in [9.17, 15) is 25.0 Å². The van der Waals surface area contributed by atoms with Crippen LogP contribution in [0.4, 0.5) is 0 Å². The number of benzene rings is 1. The average Bonchev–Trinajstić information content (AvgIpc) is 2.56. The number of ether oxygens (including phenoxy) is 1. The Morgan fingerprint density at radius 1 is 1.17 bits per heavy atom. The zero-order valence-corrected chi connectivity index (χ0v) is 14.3. The largest absolute Gasteiger partial charge is 0.394 e. The molecule has 0 saturated carbocycles. The van der Waals surface area contributed by atoms with Gasteiger partial charge in [-0.3, -0.25) is 4.57 Å². The van der Waals surface area contributed by atoms with Crippen LogP contribution in [0.1, 0.15) is 12.5 Å². The van der Waals surface area contributed by atoms with Gasteiger partial charge in [-0.25, -0.2) is 5.09 Å². The van der Waals surface area contributed by atoms with Gasteiger partial charge in [-0.1, -0.05) is 30.3 Å². The van der Waals surface area contributed by atoms with Gasteiger partial charge in [-0.2, -0.15) is 0 Å². The van der Waals surface area contributed by atoms with Crippen molar-refractivity contribution in [3.05, 3.63) is 35.9 Å². The number of aliphatic hydroxyl groups is 4. The molecule has 0 radical (unpaired) electrons. The molecule has 136 valence electrons. The summed E-state index contributed by atoms with van der Waals surface area (Å²) in [4.78, 5) is 0. The summed E-state index contributed by atoms with van der Waals surface area (Å²) < 4.78 is 23.7. The minimum Gasteiger partial charge on any atom is -0.394 e. The monoisotopic (exact) mass is 361 g/mol. The first kappa shape index (κ1) is 19.5. The lowest BCUT2D eigenvalue weighted by Gasteiger charge is -2.41. The third-order valence-electron chi connectivity index (χ3n) is 3.79. The molecular weight excluding hydrogens is 337 g/mol. The molecule has 1 saturated heterocycles. The predicted octanol–water partition coefficient (Wildman–Crippen LogP) is -0.194. The average molecular weight is 361 g/mol. The number of rotatable bonds is 7. The van der Waals surface area contributed by atoms with E-state index >= 15 is 0 Å². The summed E-state index contributed by atoms with van der Waals surface area (Å²) in [7, 11) is -3.44. The first-order valence-electron chi connectivity index (χ1n) is 7.76. The van der Waals surface area contributed by atoms with Crippen LogP contribution in [0.5, 0.6) is 0 Å². The maximum Gasteiger partial charge on any atom is 0.276 e. The summed E-state index contributed by atoms with van der Waals surface area (Å²) in [5, 5.41) is 41.5. The van der Waals surface area contributed by atoms with Gasteiger partial charge in [-0.15, -0.1) is 0 Å². The molecule has 0 aromatic heterocycles. The summed E-state index contributed by atoms with van der Waals surface area (Å²) in [6, 6.07) is 9.03. The first-order chi connectivity index (χ1) is 11.4. The maximum absolute atomic E-state index is 13.0. The number of aliphatic hydroxyl groups excluding tert-OH is 4. The van der Waals surface area contributed by atoms with Crippen LogP contribution in [0.25, 0.3) is 0 Å². The van der Waals surface area contributed by atoms with E-state index in [4.69, 9.17) is 9.26 Å². The van der Waals surface area contributed by atoms with Gasteiger partial charge in [-0.05, 0) is 12.5 Å². The Labute approximate surface area is 140 Å². The van der Waals surface area contributed by atoms with Gasteiger partial charge in [0.25, 0.3) is 7.52 Å². The SMILES string of the molecule is CCOP(=O)(Cc1ccccc1)N[C@@H]1O[C@H](CO)[C@@H](O)[C@H](O)[C@H]1O. The molecule has 0 bridgehead atoms. The molecule has 9 heteroatoms. The van der Waals surface area contributed by atoms with Crippen molar-refractivity contribution in [2.24, 2.45) is 0 Å². The second-order valence-corrected chi connectivity index (χ2v) is 7.79. The zero-order chi connectivity index (χ0) is 17.7. The lowest BCUT2D eigenvalue weighted by Crippen LogP contribution is -2.61. The molecule has 0 aliphatic carbocycles. The van der Waals surface area contributed by atoms with Gasteiger partial charge >= 0.3 is 0 Å². The minimum absolute atomic E-state index is 0.0662. The summed E-state index contributed by atoms with van der Waals surface area (Å²) in [6.07, 6.45) is -6.79. The Balaban J connectivity index is 2.15. The zero-order valence-electron chi connectivity index (χ0n) is 13.4. The van der Waals surface area contributed by atoms with Crippen molar-refractivity contribution in [3.63, 3.8) is 0 Å². The predicted molar refractivity (Wildman–Crippen MR) is 86.3 cm³/mol. The van der Waals surface area contributed by atoms with E-state index in [0.29, 0.717) is 0 Å². The van der Waals surface area contributed by atoms with Crippen LogP contribution in [0.15, 0.2) is 30.3 Å². The van der Waals surface area contributed by atoms with Gasteiger partial charge in [0, 0.05) is 0 Å². The molecule has 1 fully saturated rings. The van der Waals surface area contributed by atoms with Crippen molar-refractivity contribution >= 4 is 7.52 Å². The van der Waals surface area contributed by atoms with Crippen LogP contribution in [-0.4, -0.2) is 64.3 Å². The van der Waals surface area contributed by atoms with E-state index in [0.717, 1.165) is 5.56 Å². The highest BCUT2D eigenvalue weighted by atomic mass is 31.2. The fraction of sp³-hybridized carbons (Fsp3) is 0.600. The highest BCUT2D eigenvalue weighted by Gasteiger charge is 2.45. The second-order valence-electron chi connectivity index (χ2n) is 5.61. The van der Waals surface area contributed by atoms with Crippen LogP contribution in [-0.2, 0) is 20.0 Å². The number of nitrogens with one attached hydrogen (secondary N) is 1. The Kier molecular flexibility index (Phi) is 6.91. The van der Waals surface area contributed by atoms with E-state index in [1.54, 1.807) is 31.2 Å². The summed E-state index contributed by atoms with van der Waals surface area (Å²) in [5.41, 5.74) is 0.770. The molecule has 1 aromatic carbocycles. The molecule has 2 rings (SSSR count). The van der Waals surface area contributed by atoms with Crippen LogP contribution in [0.2, 0.25) is 0 Å². The summed E-state index contributed by atoms with van der Waals surface area (Å²) >= 11 is 0. The Bertz CT molecular complexity index is 556. The van der Waals surface area contributed by atoms with Crippen molar-refractivity contribution in [1.82, 2.24) is 5.09 Å². The lowest BCUT2D eigenvalue weighted by atomic mass is 9.99. The molecule has 1 unspecified atom stereocenters. The molecular formula is C15H24NO7P. The summed E-state index contributed by atoms with van der Waals surface area (Å²) in [5.74, 6) is 0. The molecule has 6 atom stereocenters. The van der Waals surface area contributed by atoms with E-state index in [1.165, 1.54) is 0 Å². The minimum atomic E-state index is -3.44. The maximum atomic E-state index is 13.0. The highest BCUT2D eigenvalue weighted by molar-refractivity contribution is 7.56. The van der Waals surface area contributed by atoms with Crippen LogP contribution in [0, 0.1) is 0 Å². The molecule has 0 amide bonds. The third-order valence-corrected chi connectivity index (χ3v) is 5.89. The van der Waals surface area contributed by atoms with Crippen LogP contribution >= 0.6 is 7.52 Å². The van der Waals surface area contributed by atoms with Gasteiger partial charge in [0.05, 0.1) is 19.4 Å². The van der Waals surface area contributed by atoms with E-state index in [-0.39, 0.29) is 12.8 Å². The molecule has 1 aliphatic heterocycles. The van der Waals surface area contributed by atoms with E-state index in [1.807, 2.05) is 6.07 Å². The third kappa shape index (κ3) is 4.62. The summed E-state index contributed by atoms with van der Waals surface area (Å²) in [6.45, 7) is 1.31. The molecule has 5 N–H and O–H groups in total. The molecule has 24 heavy (non-hydrogen) atoms. The Morgan fingerprint density at radius 3 is 2.42 bits per heavy atom. The molecule has 1 aromatic rings. The first-order valence-corrected chi connectivity index (χ1v) is 9.57. The number of hydrogen-bond donors (Lipinski definition) is 5. The van der Waals surface area contributed by atoms with Crippen molar-refractivity contribution in [2.45, 2.75) is 43.7 Å². The standard InChI is InChI=1S/C15H24NO7P/c1-2-22-24(21,9-10-6-4-3-5-7-10)16-15-14(20)13(19)12(18)11(8-17)23-15/h3-7,11-15,17-20H,2,8-9H2,1H3,(H,16,21)/t11-,12-,13+,14-,15-,24?/m1/s1. The molecule has 1 heterocycles. The van der Waals surface area contributed by atoms with Crippen molar-refractivity contribution in [3.8, 4) is 0 Å². The topological polar surface area (TPSA) is 128 Å². The molecule has 1 aliphatic rings. The van der Waals surface area contributed by atoms with Crippen molar-refractivity contribution in [1.29, 1.82) is 0 Å². The fourth-order valence-corrected chi connectivity index (χ4v) is 4.53. The highest BCUT2D eigenvalue weighted by Crippen LogP contribution is 2.47. The van der Waals surface area contributed by atoms with Crippen LogP contribution in [0.3, 0.4) is 0 Å². The Hall–Kier alpha value is -0.830. The van der Waals surface area contributed by atoms with Gasteiger partial charge in [0.2, 0.25) is 0 Å².